The van der Waals surface area contributed by atoms with Crippen molar-refractivity contribution >= 4 is 27.3 Å². The second kappa shape index (κ2) is 5.95. The number of halogens is 2. The van der Waals surface area contributed by atoms with E-state index in [1.165, 1.54) is 10.9 Å². The molecule has 0 saturated carbocycles. The largest absolute Gasteiger partial charge is 0.294 e. The Morgan fingerprint density at radius 1 is 1.33 bits per heavy atom. The van der Waals surface area contributed by atoms with E-state index in [0.29, 0.717) is 0 Å². The second-order valence-electron chi connectivity index (χ2n) is 4.30. The molecule has 1 aromatic heterocycles. The van der Waals surface area contributed by atoms with E-state index in [4.69, 9.17) is 0 Å². The van der Waals surface area contributed by atoms with E-state index < -0.39 is 0 Å². The third kappa shape index (κ3) is 2.99. The summed E-state index contributed by atoms with van der Waals surface area (Å²) in [5.41, 5.74) is 0.743. The van der Waals surface area contributed by atoms with Crippen molar-refractivity contribution in [3.05, 3.63) is 56.4 Å². The van der Waals surface area contributed by atoms with Gasteiger partial charge in [0.05, 0.1) is 0 Å². The third-order valence-corrected chi connectivity index (χ3v) is 5.01. The van der Waals surface area contributed by atoms with Crippen molar-refractivity contribution in [1.29, 1.82) is 0 Å². The molecule has 2 rings (SSSR count). The van der Waals surface area contributed by atoms with Crippen LogP contribution in [0.2, 0.25) is 0 Å². The van der Waals surface area contributed by atoms with Crippen molar-refractivity contribution < 1.29 is 4.39 Å². The first kappa shape index (κ1) is 13.7. The Morgan fingerprint density at radius 2 is 2.06 bits per heavy atom. The van der Waals surface area contributed by atoms with Crippen LogP contribution in [0.4, 0.5) is 4.39 Å². The summed E-state index contributed by atoms with van der Waals surface area (Å²) < 4.78 is 14.9. The van der Waals surface area contributed by atoms with Crippen LogP contribution in [0.1, 0.15) is 23.4 Å². The maximum absolute atomic E-state index is 13.7. The summed E-state index contributed by atoms with van der Waals surface area (Å²) >= 11 is 5.24. The van der Waals surface area contributed by atoms with Gasteiger partial charge in [-0.15, -0.1) is 11.3 Å². The molecule has 1 atom stereocenters. The fourth-order valence-corrected chi connectivity index (χ4v) is 3.39. The molecular formula is C14H15BrFNS. The van der Waals surface area contributed by atoms with Gasteiger partial charge in [0, 0.05) is 27.5 Å². The summed E-state index contributed by atoms with van der Waals surface area (Å²) in [6.45, 7) is 2.84. The van der Waals surface area contributed by atoms with E-state index in [0.717, 1.165) is 16.6 Å². The summed E-state index contributed by atoms with van der Waals surface area (Å²) in [7, 11) is 2.02. The lowest BCUT2D eigenvalue weighted by atomic mass is 10.1. The molecule has 0 fully saturated rings. The van der Waals surface area contributed by atoms with E-state index in [9.17, 15) is 4.39 Å². The van der Waals surface area contributed by atoms with Gasteiger partial charge in [0.25, 0.3) is 0 Å². The maximum Gasteiger partial charge on any atom is 0.127 e. The molecule has 1 unspecified atom stereocenters. The highest BCUT2D eigenvalue weighted by atomic mass is 79.9. The van der Waals surface area contributed by atoms with Gasteiger partial charge < -0.3 is 0 Å². The Balaban J connectivity index is 2.12. The fourth-order valence-electron chi connectivity index (χ4n) is 1.85. The van der Waals surface area contributed by atoms with Crippen molar-refractivity contribution in [2.75, 3.05) is 7.05 Å². The molecule has 1 heterocycles. The molecule has 0 aliphatic carbocycles. The molecule has 0 aliphatic heterocycles. The van der Waals surface area contributed by atoms with Gasteiger partial charge in [0.1, 0.15) is 5.82 Å². The SMILES string of the molecule is CC(c1ccccc1F)N(C)Cc1sccc1Br. The summed E-state index contributed by atoms with van der Waals surface area (Å²) in [5, 5.41) is 2.06. The number of nitrogens with zero attached hydrogens (tertiary/aromatic N) is 1. The first-order valence-corrected chi connectivity index (χ1v) is 7.43. The molecule has 1 nitrogen and oxygen atoms in total. The molecule has 0 amide bonds. The molecular weight excluding hydrogens is 313 g/mol. The lowest BCUT2D eigenvalue weighted by Crippen LogP contribution is -2.22. The molecule has 0 spiro atoms. The summed E-state index contributed by atoms with van der Waals surface area (Å²) in [6.07, 6.45) is 0. The van der Waals surface area contributed by atoms with E-state index in [1.807, 2.05) is 32.2 Å². The lowest BCUT2D eigenvalue weighted by Gasteiger charge is -2.25. The van der Waals surface area contributed by atoms with Gasteiger partial charge in [-0.3, -0.25) is 4.90 Å². The summed E-state index contributed by atoms with van der Waals surface area (Å²) in [6, 6.07) is 9.06. The van der Waals surface area contributed by atoms with Crippen molar-refractivity contribution in [1.82, 2.24) is 4.90 Å². The molecule has 1 aromatic carbocycles. The highest BCUT2D eigenvalue weighted by Crippen LogP contribution is 2.28. The average Bonchev–Trinajstić information content (AvgIpc) is 2.75. The van der Waals surface area contributed by atoms with Crippen molar-refractivity contribution in [2.45, 2.75) is 19.5 Å². The zero-order valence-corrected chi connectivity index (χ0v) is 12.8. The van der Waals surface area contributed by atoms with Crippen LogP contribution in [-0.4, -0.2) is 11.9 Å². The highest BCUT2D eigenvalue weighted by Gasteiger charge is 2.16. The number of benzene rings is 1. The summed E-state index contributed by atoms with van der Waals surface area (Å²) in [5.74, 6) is -0.137. The van der Waals surface area contributed by atoms with E-state index >= 15 is 0 Å². The minimum atomic E-state index is -0.137. The third-order valence-electron chi connectivity index (χ3n) is 3.10. The standard InChI is InChI=1S/C14H15BrFNS/c1-10(11-5-3-4-6-13(11)16)17(2)9-14-12(15)7-8-18-14/h3-8,10H,9H2,1-2H3. The maximum atomic E-state index is 13.7. The van der Waals surface area contributed by atoms with Gasteiger partial charge in [-0.1, -0.05) is 18.2 Å². The molecule has 0 aliphatic rings. The number of thiophene rings is 1. The molecule has 18 heavy (non-hydrogen) atoms. The zero-order valence-electron chi connectivity index (χ0n) is 10.4. The monoisotopic (exact) mass is 327 g/mol. The van der Waals surface area contributed by atoms with Crippen LogP contribution in [0.3, 0.4) is 0 Å². The molecule has 0 saturated heterocycles. The van der Waals surface area contributed by atoms with Crippen LogP contribution in [0, 0.1) is 5.82 Å². The fraction of sp³-hybridized carbons (Fsp3) is 0.286. The zero-order chi connectivity index (χ0) is 13.1. The summed E-state index contributed by atoms with van der Waals surface area (Å²) in [4.78, 5) is 3.41. The van der Waals surface area contributed by atoms with Gasteiger partial charge in [0.2, 0.25) is 0 Å². The van der Waals surface area contributed by atoms with E-state index in [1.54, 1.807) is 17.4 Å². The van der Waals surface area contributed by atoms with Gasteiger partial charge in [0.15, 0.2) is 0 Å². The normalized spacial score (nSPS) is 12.9. The predicted molar refractivity (Wildman–Crippen MR) is 78.3 cm³/mol. The van der Waals surface area contributed by atoms with E-state index in [-0.39, 0.29) is 11.9 Å². The second-order valence-corrected chi connectivity index (χ2v) is 6.16. The van der Waals surface area contributed by atoms with Crippen LogP contribution in [0.25, 0.3) is 0 Å². The Bertz CT molecular complexity index is 526. The van der Waals surface area contributed by atoms with E-state index in [2.05, 4.69) is 26.2 Å². The topological polar surface area (TPSA) is 3.24 Å². The lowest BCUT2D eigenvalue weighted by molar-refractivity contribution is 0.249. The van der Waals surface area contributed by atoms with Crippen molar-refractivity contribution in [2.24, 2.45) is 0 Å². The van der Waals surface area contributed by atoms with Crippen LogP contribution in [-0.2, 0) is 6.54 Å². The van der Waals surface area contributed by atoms with Gasteiger partial charge in [-0.2, -0.15) is 0 Å². The van der Waals surface area contributed by atoms with Gasteiger partial charge in [-0.05, 0) is 47.4 Å². The number of hydrogen-bond acceptors (Lipinski definition) is 2. The Morgan fingerprint density at radius 3 is 2.67 bits per heavy atom. The minimum absolute atomic E-state index is 0.0557. The van der Waals surface area contributed by atoms with Crippen LogP contribution < -0.4 is 0 Å². The first-order chi connectivity index (χ1) is 8.59. The van der Waals surface area contributed by atoms with Gasteiger partial charge in [-0.25, -0.2) is 4.39 Å². The molecule has 2 aromatic rings. The quantitative estimate of drug-likeness (QED) is 0.776. The van der Waals surface area contributed by atoms with Crippen LogP contribution in [0.15, 0.2) is 40.2 Å². The highest BCUT2D eigenvalue weighted by molar-refractivity contribution is 9.10. The molecule has 0 radical (unpaired) electrons. The number of rotatable bonds is 4. The molecule has 4 heteroatoms. The predicted octanol–water partition coefficient (Wildman–Crippen LogP) is 4.84. The van der Waals surface area contributed by atoms with Crippen LogP contribution >= 0.6 is 27.3 Å². The number of hydrogen-bond donors (Lipinski definition) is 0. The van der Waals surface area contributed by atoms with Crippen molar-refractivity contribution in [3.63, 3.8) is 0 Å². The minimum Gasteiger partial charge on any atom is -0.294 e. The Hall–Kier alpha value is -0.710. The Kier molecular flexibility index (Phi) is 4.54. The molecule has 96 valence electrons. The Labute approximate surface area is 119 Å². The molecule has 0 bridgehead atoms. The average molecular weight is 328 g/mol. The van der Waals surface area contributed by atoms with Gasteiger partial charge >= 0.3 is 0 Å². The molecule has 0 N–H and O–H groups in total. The van der Waals surface area contributed by atoms with Crippen LogP contribution in [0.5, 0.6) is 0 Å². The van der Waals surface area contributed by atoms with Crippen molar-refractivity contribution in [3.8, 4) is 0 Å². The first-order valence-electron chi connectivity index (χ1n) is 5.76. The smallest absolute Gasteiger partial charge is 0.127 e.